The van der Waals surface area contributed by atoms with Gasteiger partial charge >= 0.3 is 0 Å². The van der Waals surface area contributed by atoms with Crippen LogP contribution in [-0.4, -0.2) is 45.2 Å². The van der Waals surface area contributed by atoms with Crippen LogP contribution in [0.3, 0.4) is 0 Å². The number of hydrogen-bond donors (Lipinski definition) is 5. The molecule has 0 heterocycles. The van der Waals surface area contributed by atoms with Gasteiger partial charge in [-0.3, -0.25) is 19.6 Å². The molecule has 0 rings (SSSR count). The van der Waals surface area contributed by atoms with Crippen LogP contribution >= 0.6 is 0 Å². The zero-order valence-corrected chi connectivity index (χ0v) is 18.1. The van der Waals surface area contributed by atoms with E-state index in [9.17, 15) is 19.5 Å². The van der Waals surface area contributed by atoms with E-state index >= 15 is 0 Å². The van der Waals surface area contributed by atoms with Crippen molar-refractivity contribution in [1.29, 1.82) is 0 Å². The van der Waals surface area contributed by atoms with Crippen molar-refractivity contribution < 1.29 is 24.7 Å². The van der Waals surface area contributed by atoms with E-state index in [0.717, 1.165) is 0 Å². The number of rotatable bonds is 7. The van der Waals surface area contributed by atoms with Crippen LogP contribution in [0.5, 0.6) is 0 Å². The molecular formula is C19H37N3O5. The Bertz CT molecular complexity index is 545. The summed E-state index contributed by atoms with van der Waals surface area (Å²) in [6.07, 6.45) is 0.198. The molecule has 0 fully saturated rings. The van der Waals surface area contributed by atoms with Gasteiger partial charge in [0.05, 0.1) is 5.92 Å². The summed E-state index contributed by atoms with van der Waals surface area (Å²) in [4.78, 5) is 37.6. The maximum atomic E-state index is 13.0. The maximum Gasteiger partial charge on any atom is 0.275 e. The lowest BCUT2D eigenvalue weighted by Gasteiger charge is -2.36. The fourth-order valence-electron chi connectivity index (χ4n) is 2.69. The highest BCUT2D eigenvalue weighted by molar-refractivity contribution is 5.94. The van der Waals surface area contributed by atoms with Crippen LogP contribution < -0.4 is 16.1 Å². The molecule has 0 aromatic rings. The monoisotopic (exact) mass is 387 g/mol. The molecule has 0 aliphatic heterocycles. The minimum absolute atomic E-state index is 0.00444. The van der Waals surface area contributed by atoms with Crippen molar-refractivity contribution in [2.75, 3.05) is 0 Å². The Balaban J connectivity index is 5.75. The predicted molar refractivity (Wildman–Crippen MR) is 103 cm³/mol. The third-order valence-corrected chi connectivity index (χ3v) is 4.18. The summed E-state index contributed by atoms with van der Waals surface area (Å²) in [7, 11) is 0. The van der Waals surface area contributed by atoms with Crippen LogP contribution in [0.2, 0.25) is 0 Å². The molecule has 158 valence electrons. The third kappa shape index (κ3) is 7.84. The standard InChI is InChI=1S/C19H37N3O5/c1-11(2)10-12(19(9,26)16(25)22-27)14(23)20-13(17(3,4)5)15(24)21-18(6,7)8/h11-13,26-27H,10H2,1-9H3,(H,20,23)(H,21,24)(H,22,25)/t12-,13+,19-/m0/s1. The van der Waals surface area contributed by atoms with Crippen molar-refractivity contribution in [2.24, 2.45) is 17.3 Å². The van der Waals surface area contributed by atoms with E-state index in [1.807, 2.05) is 55.4 Å². The molecule has 0 bridgehead atoms. The average Bonchev–Trinajstić information content (AvgIpc) is 2.45. The van der Waals surface area contributed by atoms with Gasteiger partial charge < -0.3 is 15.7 Å². The Morgan fingerprint density at radius 1 is 0.926 bits per heavy atom. The summed E-state index contributed by atoms with van der Waals surface area (Å²) >= 11 is 0. The van der Waals surface area contributed by atoms with Crippen molar-refractivity contribution in [2.45, 2.75) is 85.9 Å². The Kier molecular flexibility index (Phi) is 8.46. The summed E-state index contributed by atoms with van der Waals surface area (Å²) in [5.41, 5.74) is -1.81. The Hall–Kier alpha value is -1.67. The summed E-state index contributed by atoms with van der Waals surface area (Å²) in [6.45, 7) is 15.8. The molecule has 0 unspecified atom stereocenters. The zero-order valence-electron chi connectivity index (χ0n) is 18.1. The van der Waals surface area contributed by atoms with Crippen LogP contribution in [0.4, 0.5) is 0 Å². The number of aliphatic hydroxyl groups is 1. The van der Waals surface area contributed by atoms with Crippen LogP contribution in [0.1, 0.15) is 68.7 Å². The Morgan fingerprint density at radius 2 is 1.41 bits per heavy atom. The molecule has 0 saturated carbocycles. The number of hydrogen-bond acceptors (Lipinski definition) is 5. The third-order valence-electron chi connectivity index (χ3n) is 4.18. The van der Waals surface area contributed by atoms with E-state index in [1.54, 1.807) is 0 Å². The topological polar surface area (TPSA) is 128 Å². The molecule has 3 amide bonds. The zero-order chi connectivity index (χ0) is 21.8. The molecule has 0 spiro atoms. The van der Waals surface area contributed by atoms with Crippen LogP contribution in [0.25, 0.3) is 0 Å². The lowest BCUT2D eigenvalue weighted by Crippen LogP contribution is -2.61. The number of carbonyl (C=O) groups is 3. The van der Waals surface area contributed by atoms with Gasteiger partial charge in [0.15, 0.2) is 5.60 Å². The largest absolute Gasteiger partial charge is 0.379 e. The van der Waals surface area contributed by atoms with Crippen molar-refractivity contribution in [3.05, 3.63) is 0 Å². The highest BCUT2D eigenvalue weighted by atomic mass is 16.5. The first-order valence-corrected chi connectivity index (χ1v) is 9.22. The average molecular weight is 388 g/mol. The highest BCUT2D eigenvalue weighted by Gasteiger charge is 2.46. The van der Waals surface area contributed by atoms with E-state index in [1.165, 1.54) is 12.4 Å². The van der Waals surface area contributed by atoms with Crippen LogP contribution in [0.15, 0.2) is 0 Å². The highest BCUT2D eigenvalue weighted by Crippen LogP contribution is 2.27. The predicted octanol–water partition coefficient (Wildman–Crippen LogP) is 1.35. The molecule has 0 aliphatic carbocycles. The number of nitrogens with one attached hydrogen (secondary N) is 3. The molecular weight excluding hydrogens is 350 g/mol. The summed E-state index contributed by atoms with van der Waals surface area (Å²) in [5.74, 6) is -3.19. The van der Waals surface area contributed by atoms with E-state index in [0.29, 0.717) is 0 Å². The van der Waals surface area contributed by atoms with E-state index in [4.69, 9.17) is 5.21 Å². The van der Waals surface area contributed by atoms with Gasteiger partial charge in [0, 0.05) is 5.54 Å². The summed E-state index contributed by atoms with van der Waals surface area (Å²) in [5, 5.41) is 25.0. The Morgan fingerprint density at radius 3 is 1.74 bits per heavy atom. The molecule has 3 atom stereocenters. The summed E-state index contributed by atoms with van der Waals surface area (Å²) < 4.78 is 0. The second kappa shape index (κ2) is 9.01. The molecule has 5 N–H and O–H groups in total. The normalized spacial score (nSPS) is 16.9. The van der Waals surface area contributed by atoms with Gasteiger partial charge in [-0.15, -0.1) is 0 Å². The van der Waals surface area contributed by atoms with Gasteiger partial charge in [-0.1, -0.05) is 34.6 Å². The maximum absolute atomic E-state index is 13.0. The van der Waals surface area contributed by atoms with Gasteiger partial charge in [0.1, 0.15) is 6.04 Å². The van der Waals surface area contributed by atoms with E-state index < -0.39 is 40.3 Å². The second-order valence-corrected chi connectivity index (χ2v) is 9.82. The van der Waals surface area contributed by atoms with Crippen molar-refractivity contribution >= 4 is 17.7 Å². The first-order valence-electron chi connectivity index (χ1n) is 9.22. The molecule has 27 heavy (non-hydrogen) atoms. The van der Waals surface area contributed by atoms with Crippen molar-refractivity contribution in [3.8, 4) is 0 Å². The molecule has 0 aromatic carbocycles. The second-order valence-electron chi connectivity index (χ2n) is 9.82. The van der Waals surface area contributed by atoms with Gasteiger partial charge in [0.25, 0.3) is 5.91 Å². The number of hydroxylamine groups is 1. The minimum atomic E-state index is -2.13. The molecule has 8 heteroatoms. The summed E-state index contributed by atoms with van der Waals surface area (Å²) in [6, 6.07) is -0.869. The minimum Gasteiger partial charge on any atom is -0.379 e. The van der Waals surface area contributed by atoms with Crippen LogP contribution in [0, 0.1) is 17.3 Å². The van der Waals surface area contributed by atoms with Gasteiger partial charge in [-0.05, 0) is 45.4 Å². The van der Waals surface area contributed by atoms with E-state index in [2.05, 4.69) is 10.6 Å². The molecule has 0 saturated heterocycles. The lowest BCUT2D eigenvalue weighted by molar-refractivity contribution is -0.159. The van der Waals surface area contributed by atoms with Gasteiger partial charge in [-0.2, -0.15) is 0 Å². The molecule has 0 radical (unpaired) electrons. The fraction of sp³-hybridized carbons (Fsp3) is 0.842. The number of carbonyl (C=O) groups excluding carboxylic acids is 3. The molecule has 8 nitrogen and oxygen atoms in total. The first kappa shape index (κ1) is 25.3. The van der Waals surface area contributed by atoms with E-state index in [-0.39, 0.29) is 18.2 Å². The molecule has 0 aromatic heterocycles. The van der Waals surface area contributed by atoms with Crippen LogP contribution in [-0.2, 0) is 14.4 Å². The lowest BCUT2D eigenvalue weighted by atomic mass is 9.80. The van der Waals surface area contributed by atoms with Gasteiger partial charge in [-0.25, -0.2) is 5.48 Å². The smallest absolute Gasteiger partial charge is 0.275 e. The Labute approximate surface area is 162 Å². The number of amides is 3. The molecule has 0 aliphatic rings. The first-order chi connectivity index (χ1) is 11.9. The fourth-order valence-corrected chi connectivity index (χ4v) is 2.69. The van der Waals surface area contributed by atoms with Crippen molar-refractivity contribution in [1.82, 2.24) is 16.1 Å². The van der Waals surface area contributed by atoms with Crippen molar-refractivity contribution in [3.63, 3.8) is 0 Å². The quantitative estimate of drug-likeness (QED) is 0.333. The van der Waals surface area contributed by atoms with Gasteiger partial charge in [0.2, 0.25) is 11.8 Å². The SMILES string of the molecule is CC(C)C[C@@H](C(=O)N[C@H](C(=O)NC(C)(C)C)C(C)(C)C)[C@](C)(O)C(=O)NO.